The molecule has 1 rings (SSSR count). The van der Waals surface area contributed by atoms with Crippen LogP contribution in [0.4, 0.5) is 0 Å². The van der Waals surface area contributed by atoms with Gasteiger partial charge in [0, 0.05) is 6.54 Å². The van der Waals surface area contributed by atoms with Gasteiger partial charge in [0.1, 0.15) is 0 Å². The molecule has 0 bridgehead atoms. The minimum absolute atomic E-state index is 0.0167. The van der Waals surface area contributed by atoms with E-state index in [0.717, 1.165) is 45.1 Å². The zero-order valence-electron chi connectivity index (χ0n) is 13.5. The van der Waals surface area contributed by atoms with Gasteiger partial charge in [-0.2, -0.15) is 0 Å². The maximum absolute atomic E-state index is 12.1. The summed E-state index contributed by atoms with van der Waals surface area (Å²) in [5.41, 5.74) is 5.29. The Morgan fingerprint density at radius 2 is 2.00 bits per heavy atom. The van der Waals surface area contributed by atoms with Gasteiger partial charge in [-0.15, -0.1) is 0 Å². The van der Waals surface area contributed by atoms with Crippen LogP contribution in [-0.2, 0) is 9.53 Å². The second-order valence-corrected chi connectivity index (χ2v) is 6.26. The first-order valence-electron chi connectivity index (χ1n) is 8.31. The zero-order chi connectivity index (χ0) is 15.7. The molecule has 21 heavy (non-hydrogen) atoms. The minimum Gasteiger partial charge on any atom is -0.462 e. The van der Waals surface area contributed by atoms with E-state index in [1.54, 1.807) is 0 Å². The van der Waals surface area contributed by atoms with Crippen LogP contribution >= 0.6 is 0 Å². The summed E-state index contributed by atoms with van der Waals surface area (Å²) in [7, 11) is 0. The zero-order valence-corrected chi connectivity index (χ0v) is 13.5. The molecule has 0 aromatic rings. The third-order valence-corrected chi connectivity index (χ3v) is 4.29. The van der Waals surface area contributed by atoms with E-state index in [4.69, 9.17) is 15.9 Å². The lowest BCUT2D eigenvalue weighted by Crippen LogP contribution is -2.36. The maximum Gasteiger partial charge on any atom is 0.309 e. The first-order chi connectivity index (χ1) is 10.0. The molecule has 5 nitrogen and oxygen atoms in total. The highest BCUT2D eigenvalue weighted by Crippen LogP contribution is 2.29. The molecule has 4 N–H and O–H groups in total. The van der Waals surface area contributed by atoms with Crippen molar-refractivity contribution < 1.29 is 9.53 Å². The van der Waals surface area contributed by atoms with Crippen molar-refractivity contribution in [3.05, 3.63) is 0 Å². The number of unbranched alkanes of at least 4 members (excludes halogenated alkanes) is 2. The lowest BCUT2D eigenvalue weighted by molar-refractivity contribution is -0.155. The van der Waals surface area contributed by atoms with E-state index in [9.17, 15) is 4.79 Å². The number of hydrogen-bond donors (Lipinski definition) is 3. The van der Waals surface area contributed by atoms with Gasteiger partial charge < -0.3 is 15.8 Å². The van der Waals surface area contributed by atoms with Crippen molar-refractivity contribution in [2.45, 2.75) is 71.3 Å². The maximum atomic E-state index is 12.1. The number of esters is 1. The summed E-state index contributed by atoms with van der Waals surface area (Å²) in [4.78, 5) is 12.1. The Kier molecular flexibility index (Phi) is 8.16. The van der Waals surface area contributed by atoms with Crippen LogP contribution in [0.5, 0.6) is 0 Å². The number of rotatable bonds is 8. The molecule has 0 amide bonds. The Balaban J connectivity index is 2.20. The average Bonchev–Trinajstić information content (AvgIpc) is 2.45. The van der Waals surface area contributed by atoms with Gasteiger partial charge in [0.2, 0.25) is 0 Å². The van der Waals surface area contributed by atoms with Gasteiger partial charge in [-0.25, -0.2) is 0 Å². The molecule has 1 unspecified atom stereocenters. The van der Waals surface area contributed by atoms with Crippen LogP contribution in [0.3, 0.4) is 0 Å². The van der Waals surface area contributed by atoms with Crippen molar-refractivity contribution in [3.8, 4) is 0 Å². The standard InChI is InChI=1S/C16H31N3O2/c1-3-4-5-6-12(2)21-15(20)14-9-7-13(8-10-14)11-19-16(17)18/h12-14H,3-11H2,1-2H3,(H4,17,18,19)/t12?,13-,14-. The number of hydrogen-bond acceptors (Lipinski definition) is 3. The van der Waals surface area contributed by atoms with E-state index in [-0.39, 0.29) is 24.0 Å². The highest BCUT2D eigenvalue weighted by atomic mass is 16.5. The van der Waals surface area contributed by atoms with Gasteiger partial charge in [-0.05, 0) is 51.4 Å². The van der Waals surface area contributed by atoms with Crippen LogP contribution in [0, 0.1) is 17.2 Å². The smallest absolute Gasteiger partial charge is 0.309 e. The lowest BCUT2D eigenvalue weighted by atomic mass is 9.82. The molecule has 1 saturated carbocycles. The monoisotopic (exact) mass is 297 g/mol. The molecule has 1 atom stereocenters. The topological polar surface area (TPSA) is 88.2 Å². The Morgan fingerprint density at radius 1 is 1.33 bits per heavy atom. The van der Waals surface area contributed by atoms with Crippen molar-refractivity contribution in [2.24, 2.45) is 17.6 Å². The minimum atomic E-state index is -0.0167. The molecule has 1 aliphatic carbocycles. The molecule has 0 aromatic heterocycles. The molecule has 0 aromatic carbocycles. The van der Waals surface area contributed by atoms with Gasteiger partial charge >= 0.3 is 5.97 Å². The molecule has 0 aliphatic heterocycles. The number of carbonyl (C=O) groups excluding carboxylic acids is 1. The average molecular weight is 297 g/mol. The Bertz CT molecular complexity index is 325. The lowest BCUT2D eigenvalue weighted by Gasteiger charge is -2.28. The quantitative estimate of drug-likeness (QED) is 0.278. The summed E-state index contributed by atoms with van der Waals surface area (Å²) >= 11 is 0. The van der Waals surface area contributed by atoms with Crippen LogP contribution in [0.15, 0.2) is 0 Å². The third kappa shape index (κ3) is 7.34. The number of guanidine groups is 1. The number of nitrogens with two attached hydrogens (primary N) is 1. The van der Waals surface area contributed by atoms with E-state index in [2.05, 4.69) is 12.2 Å². The van der Waals surface area contributed by atoms with E-state index in [0.29, 0.717) is 5.92 Å². The van der Waals surface area contributed by atoms with Crippen molar-refractivity contribution >= 4 is 11.9 Å². The molecule has 1 fully saturated rings. The summed E-state index contributed by atoms with van der Waals surface area (Å²) in [6.45, 7) is 4.91. The van der Waals surface area contributed by atoms with Gasteiger partial charge in [-0.1, -0.05) is 19.8 Å². The van der Waals surface area contributed by atoms with Crippen LogP contribution in [0.1, 0.15) is 65.2 Å². The molecule has 5 heteroatoms. The van der Waals surface area contributed by atoms with E-state index < -0.39 is 0 Å². The van der Waals surface area contributed by atoms with Crippen molar-refractivity contribution in [1.82, 2.24) is 5.32 Å². The second kappa shape index (κ2) is 9.64. The van der Waals surface area contributed by atoms with Gasteiger partial charge in [0.15, 0.2) is 5.96 Å². The van der Waals surface area contributed by atoms with E-state index in [1.165, 1.54) is 12.8 Å². The van der Waals surface area contributed by atoms with Gasteiger partial charge in [0.25, 0.3) is 0 Å². The summed E-state index contributed by atoms with van der Waals surface area (Å²) < 4.78 is 5.56. The van der Waals surface area contributed by atoms with Crippen molar-refractivity contribution in [3.63, 3.8) is 0 Å². The fourth-order valence-corrected chi connectivity index (χ4v) is 2.89. The molecule has 122 valence electrons. The summed E-state index contributed by atoms with van der Waals surface area (Å²) in [6.07, 6.45) is 8.34. The van der Waals surface area contributed by atoms with Crippen LogP contribution < -0.4 is 11.1 Å². The van der Waals surface area contributed by atoms with Crippen LogP contribution in [0.2, 0.25) is 0 Å². The van der Waals surface area contributed by atoms with Crippen LogP contribution in [0.25, 0.3) is 0 Å². The molecule has 0 saturated heterocycles. The number of carbonyl (C=O) groups is 1. The fraction of sp³-hybridized carbons (Fsp3) is 0.875. The summed E-state index contributed by atoms with van der Waals surface area (Å²) in [6, 6.07) is 0. The SMILES string of the molecule is CCCCCC(C)OC(=O)[C@H]1CC[C@H](CNC(=N)N)CC1. The first kappa shape index (κ1) is 17.8. The normalized spacial score (nSPS) is 23.3. The largest absolute Gasteiger partial charge is 0.462 e. The van der Waals surface area contributed by atoms with Gasteiger partial charge in [-0.3, -0.25) is 10.2 Å². The Labute approximate surface area is 128 Å². The third-order valence-electron chi connectivity index (χ3n) is 4.29. The highest BCUT2D eigenvalue weighted by Gasteiger charge is 2.28. The summed E-state index contributed by atoms with van der Waals surface area (Å²) in [5, 5.41) is 10.0. The molecule has 0 radical (unpaired) electrons. The highest BCUT2D eigenvalue weighted by molar-refractivity contribution is 5.74. The van der Waals surface area contributed by atoms with Crippen molar-refractivity contribution in [2.75, 3.05) is 6.54 Å². The molecule has 0 spiro atoms. The number of ether oxygens (including phenoxy) is 1. The van der Waals surface area contributed by atoms with E-state index >= 15 is 0 Å². The van der Waals surface area contributed by atoms with E-state index in [1.807, 2.05) is 6.92 Å². The Morgan fingerprint density at radius 3 is 2.57 bits per heavy atom. The molecular formula is C16H31N3O2. The van der Waals surface area contributed by atoms with Crippen molar-refractivity contribution in [1.29, 1.82) is 5.41 Å². The summed E-state index contributed by atoms with van der Waals surface area (Å²) in [5.74, 6) is 0.585. The number of nitrogens with one attached hydrogen (secondary N) is 2. The predicted molar refractivity (Wildman–Crippen MR) is 85.1 cm³/mol. The van der Waals surface area contributed by atoms with Crippen LogP contribution in [-0.4, -0.2) is 24.6 Å². The molecular weight excluding hydrogens is 266 g/mol. The molecule has 0 heterocycles. The predicted octanol–water partition coefficient (Wildman–Crippen LogP) is 2.79. The molecule has 1 aliphatic rings. The first-order valence-corrected chi connectivity index (χ1v) is 8.31. The Hall–Kier alpha value is -1.26. The second-order valence-electron chi connectivity index (χ2n) is 6.26. The fourth-order valence-electron chi connectivity index (χ4n) is 2.89. The van der Waals surface area contributed by atoms with Gasteiger partial charge in [0.05, 0.1) is 12.0 Å².